The van der Waals surface area contributed by atoms with Crippen LogP contribution in [0.2, 0.25) is 0 Å². The molecule has 0 radical (unpaired) electrons. The van der Waals surface area contributed by atoms with Crippen LogP contribution in [-0.4, -0.2) is 30.0 Å². The second kappa shape index (κ2) is 4.46. The largest absolute Gasteiger partial charge is 0.383 e. The molecule has 0 bridgehead atoms. The summed E-state index contributed by atoms with van der Waals surface area (Å²) in [7, 11) is 1.70. The number of ether oxygens (including phenoxy) is 1. The fourth-order valence-electron chi connectivity index (χ4n) is 1.35. The average molecular weight is 195 g/mol. The molecule has 1 aliphatic carbocycles. The van der Waals surface area contributed by atoms with E-state index in [0.717, 1.165) is 24.7 Å². The zero-order valence-corrected chi connectivity index (χ0v) is 8.57. The third-order valence-electron chi connectivity index (χ3n) is 2.45. The van der Waals surface area contributed by atoms with Gasteiger partial charge in [-0.15, -0.1) is 0 Å². The van der Waals surface area contributed by atoms with Gasteiger partial charge in [-0.3, -0.25) is 4.68 Å². The Bertz CT molecular complexity index is 281. The maximum atomic E-state index is 4.98. The number of aromatic nitrogens is 2. The first-order valence-electron chi connectivity index (χ1n) is 5.14. The zero-order valence-electron chi connectivity index (χ0n) is 8.57. The molecule has 0 aliphatic heterocycles. The summed E-state index contributed by atoms with van der Waals surface area (Å²) < 4.78 is 6.88. The number of hydrogen-bond donors (Lipinski definition) is 1. The molecule has 0 aromatic carbocycles. The lowest BCUT2D eigenvalue weighted by molar-refractivity contribution is 0.183. The van der Waals surface area contributed by atoms with Crippen LogP contribution in [0.25, 0.3) is 0 Å². The molecule has 0 amide bonds. The van der Waals surface area contributed by atoms with Gasteiger partial charge in [0.15, 0.2) is 0 Å². The lowest BCUT2D eigenvalue weighted by Gasteiger charge is -2.00. The minimum atomic E-state index is 0.712. The van der Waals surface area contributed by atoms with E-state index >= 15 is 0 Å². The van der Waals surface area contributed by atoms with Crippen LogP contribution in [0.4, 0.5) is 5.69 Å². The van der Waals surface area contributed by atoms with Gasteiger partial charge in [0, 0.05) is 19.9 Å². The summed E-state index contributed by atoms with van der Waals surface area (Å²) in [6.45, 7) is 2.63. The van der Waals surface area contributed by atoms with E-state index in [-0.39, 0.29) is 0 Å². The Morgan fingerprint density at radius 1 is 1.64 bits per heavy atom. The predicted octanol–water partition coefficient (Wildman–Crippen LogP) is 1.35. The highest BCUT2D eigenvalue weighted by Crippen LogP contribution is 2.28. The van der Waals surface area contributed by atoms with Crippen LogP contribution in [0.1, 0.15) is 12.8 Å². The van der Waals surface area contributed by atoms with Crippen molar-refractivity contribution in [1.82, 2.24) is 9.78 Å². The minimum Gasteiger partial charge on any atom is -0.383 e. The van der Waals surface area contributed by atoms with E-state index in [1.807, 2.05) is 17.1 Å². The molecule has 1 aliphatic rings. The Balaban J connectivity index is 1.76. The predicted molar refractivity (Wildman–Crippen MR) is 55.3 cm³/mol. The summed E-state index contributed by atoms with van der Waals surface area (Å²) in [5.41, 5.74) is 1.12. The maximum absolute atomic E-state index is 4.98. The van der Waals surface area contributed by atoms with E-state index < -0.39 is 0 Å². The summed E-state index contributed by atoms with van der Waals surface area (Å²) in [6.07, 6.45) is 6.66. The smallest absolute Gasteiger partial charge is 0.0726 e. The van der Waals surface area contributed by atoms with E-state index in [4.69, 9.17) is 4.74 Å². The Morgan fingerprint density at radius 3 is 3.21 bits per heavy atom. The maximum Gasteiger partial charge on any atom is 0.0726 e. The fraction of sp³-hybridized carbons (Fsp3) is 0.700. The molecular weight excluding hydrogens is 178 g/mol. The van der Waals surface area contributed by atoms with Crippen molar-refractivity contribution in [2.45, 2.75) is 19.4 Å². The first kappa shape index (κ1) is 9.52. The molecule has 0 unspecified atom stereocenters. The molecule has 1 fully saturated rings. The molecule has 1 aromatic heterocycles. The van der Waals surface area contributed by atoms with Crippen molar-refractivity contribution in [2.75, 3.05) is 25.6 Å². The van der Waals surface area contributed by atoms with Crippen molar-refractivity contribution in [2.24, 2.45) is 5.92 Å². The molecule has 78 valence electrons. The first-order chi connectivity index (χ1) is 6.88. The minimum absolute atomic E-state index is 0.712. The first-order valence-corrected chi connectivity index (χ1v) is 5.14. The van der Waals surface area contributed by atoms with Crippen molar-refractivity contribution in [1.29, 1.82) is 0 Å². The molecule has 4 nitrogen and oxygen atoms in total. The SMILES string of the molecule is COCCn1cc(NCC2CC2)cn1. The van der Waals surface area contributed by atoms with E-state index in [1.165, 1.54) is 12.8 Å². The monoisotopic (exact) mass is 195 g/mol. The summed E-state index contributed by atoms with van der Waals surface area (Å²) >= 11 is 0. The van der Waals surface area contributed by atoms with Gasteiger partial charge in [-0.2, -0.15) is 5.10 Å². The Labute approximate surface area is 84.3 Å². The third kappa shape index (κ3) is 2.73. The molecule has 1 heterocycles. The molecule has 0 saturated heterocycles. The van der Waals surface area contributed by atoms with Gasteiger partial charge in [-0.1, -0.05) is 0 Å². The third-order valence-corrected chi connectivity index (χ3v) is 2.45. The van der Waals surface area contributed by atoms with Crippen LogP contribution in [0, 0.1) is 5.92 Å². The van der Waals surface area contributed by atoms with Gasteiger partial charge in [0.25, 0.3) is 0 Å². The number of methoxy groups -OCH3 is 1. The zero-order chi connectivity index (χ0) is 9.80. The highest BCUT2D eigenvalue weighted by Gasteiger charge is 2.20. The van der Waals surface area contributed by atoms with Gasteiger partial charge in [0.05, 0.1) is 25.0 Å². The van der Waals surface area contributed by atoms with Gasteiger partial charge < -0.3 is 10.1 Å². The second-order valence-corrected chi connectivity index (χ2v) is 3.81. The molecule has 4 heteroatoms. The summed E-state index contributed by atoms with van der Waals surface area (Å²) in [4.78, 5) is 0. The Kier molecular flexibility index (Phi) is 3.03. The summed E-state index contributed by atoms with van der Waals surface area (Å²) in [5.74, 6) is 0.900. The van der Waals surface area contributed by atoms with E-state index in [9.17, 15) is 0 Å². The van der Waals surface area contributed by atoms with E-state index in [1.54, 1.807) is 7.11 Å². The Morgan fingerprint density at radius 2 is 2.50 bits per heavy atom. The highest BCUT2D eigenvalue weighted by molar-refractivity contribution is 5.38. The average Bonchev–Trinajstić information content (AvgIpc) is 2.92. The number of rotatable bonds is 6. The fourth-order valence-corrected chi connectivity index (χ4v) is 1.35. The van der Waals surface area contributed by atoms with Gasteiger partial charge in [0.2, 0.25) is 0 Å². The van der Waals surface area contributed by atoms with Crippen LogP contribution >= 0.6 is 0 Å². The molecule has 2 rings (SSSR count). The van der Waals surface area contributed by atoms with Crippen molar-refractivity contribution in [3.05, 3.63) is 12.4 Å². The number of anilines is 1. The second-order valence-electron chi connectivity index (χ2n) is 3.81. The molecule has 1 saturated carbocycles. The van der Waals surface area contributed by atoms with Gasteiger partial charge in [0.1, 0.15) is 0 Å². The van der Waals surface area contributed by atoms with Crippen LogP contribution in [0.15, 0.2) is 12.4 Å². The molecule has 1 aromatic rings. The lowest BCUT2D eigenvalue weighted by Crippen LogP contribution is -2.04. The molecular formula is C10H17N3O. The van der Waals surface area contributed by atoms with Crippen molar-refractivity contribution in [3.63, 3.8) is 0 Å². The normalized spacial score (nSPS) is 15.8. The molecule has 0 atom stereocenters. The summed E-state index contributed by atoms with van der Waals surface area (Å²) in [5, 5.41) is 7.61. The number of nitrogens with zero attached hydrogens (tertiary/aromatic N) is 2. The standard InChI is InChI=1S/C10H17N3O/c1-14-5-4-13-8-10(7-12-13)11-6-9-2-3-9/h7-9,11H,2-6H2,1H3. The highest BCUT2D eigenvalue weighted by atomic mass is 16.5. The summed E-state index contributed by atoms with van der Waals surface area (Å²) in [6, 6.07) is 0. The van der Waals surface area contributed by atoms with Crippen LogP contribution in [-0.2, 0) is 11.3 Å². The Hall–Kier alpha value is -1.03. The van der Waals surface area contributed by atoms with Crippen molar-refractivity contribution >= 4 is 5.69 Å². The molecule has 1 N–H and O–H groups in total. The quantitative estimate of drug-likeness (QED) is 0.744. The van der Waals surface area contributed by atoms with Gasteiger partial charge in [-0.25, -0.2) is 0 Å². The van der Waals surface area contributed by atoms with Gasteiger partial charge in [-0.05, 0) is 18.8 Å². The van der Waals surface area contributed by atoms with Crippen LogP contribution in [0.5, 0.6) is 0 Å². The van der Waals surface area contributed by atoms with Crippen molar-refractivity contribution < 1.29 is 4.74 Å². The van der Waals surface area contributed by atoms with Crippen LogP contribution < -0.4 is 5.32 Å². The van der Waals surface area contributed by atoms with E-state index in [2.05, 4.69) is 10.4 Å². The van der Waals surface area contributed by atoms with Crippen molar-refractivity contribution in [3.8, 4) is 0 Å². The molecule has 14 heavy (non-hydrogen) atoms. The lowest BCUT2D eigenvalue weighted by atomic mass is 10.4. The number of hydrogen-bond acceptors (Lipinski definition) is 3. The van der Waals surface area contributed by atoms with Crippen LogP contribution in [0.3, 0.4) is 0 Å². The number of nitrogens with one attached hydrogen (secondary N) is 1. The van der Waals surface area contributed by atoms with E-state index in [0.29, 0.717) is 6.61 Å². The topological polar surface area (TPSA) is 39.1 Å². The van der Waals surface area contributed by atoms with Gasteiger partial charge >= 0.3 is 0 Å². The molecule has 0 spiro atoms.